The van der Waals surface area contributed by atoms with E-state index in [1.54, 1.807) is 4.90 Å². The van der Waals surface area contributed by atoms with Crippen molar-refractivity contribution in [3.63, 3.8) is 0 Å². The number of benzene rings is 1. The molecule has 0 bridgehead atoms. The van der Waals surface area contributed by atoms with Gasteiger partial charge in [-0.25, -0.2) is 0 Å². The van der Waals surface area contributed by atoms with Crippen molar-refractivity contribution >= 4 is 11.9 Å². The average Bonchev–Trinajstić information content (AvgIpc) is 2.67. The van der Waals surface area contributed by atoms with Crippen LogP contribution in [0.4, 0.5) is 0 Å². The second kappa shape index (κ2) is 4.99. The van der Waals surface area contributed by atoms with Gasteiger partial charge in [-0.05, 0) is 17.5 Å². The highest BCUT2D eigenvalue weighted by atomic mass is 16.4. The first kappa shape index (κ1) is 11.6. The first-order valence-electron chi connectivity index (χ1n) is 5.73. The Morgan fingerprint density at radius 1 is 1.29 bits per heavy atom. The third-order valence-electron chi connectivity index (χ3n) is 2.99. The van der Waals surface area contributed by atoms with Gasteiger partial charge >= 0.3 is 5.97 Å². The molecule has 1 aromatic carbocycles. The predicted octanol–water partition coefficient (Wildman–Crippen LogP) is 1.44. The monoisotopic (exact) mass is 233 g/mol. The van der Waals surface area contributed by atoms with Crippen molar-refractivity contribution in [3.8, 4) is 0 Å². The summed E-state index contributed by atoms with van der Waals surface area (Å²) in [7, 11) is 0. The molecule has 1 saturated heterocycles. The van der Waals surface area contributed by atoms with Crippen molar-refractivity contribution < 1.29 is 14.7 Å². The van der Waals surface area contributed by atoms with Gasteiger partial charge in [-0.15, -0.1) is 0 Å². The van der Waals surface area contributed by atoms with Crippen LogP contribution in [-0.4, -0.2) is 28.4 Å². The number of carboxylic acid groups (broad SMARTS) is 1. The van der Waals surface area contributed by atoms with E-state index in [1.807, 2.05) is 24.3 Å². The number of likely N-dealkylation sites (tertiary alicyclic amines) is 1. The zero-order chi connectivity index (χ0) is 12.3. The van der Waals surface area contributed by atoms with Gasteiger partial charge in [0.15, 0.2) is 0 Å². The summed E-state index contributed by atoms with van der Waals surface area (Å²) in [4.78, 5) is 24.1. The summed E-state index contributed by atoms with van der Waals surface area (Å²) in [5, 5.41) is 8.82. The van der Waals surface area contributed by atoms with Crippen LogP contribution in [0.2, 0.25) is 0 Å². The summed E-state index contributed by atoms with van der Waals surface area (Å²) in [5.74, 6) is -0.680. The molecule has 0 aromatic heterocycles. The highest BCUT2D eigenvalue weighted by molar-refractivity contribution is 5.78. The van der Waals surface area contributed by atoms with Crippen molar-refractivity contribution in [3.05, 3.63) is 35.4 Å². The second-order valence-electron chi connectivity index (χ2n) is 4.26. The molecular formula is C13H15NO3. The SMILES string of the molecule is O=C(O)Cc1ccccc1CN1CCCC1=O. The fraction of sp³-hybridized carbons (Fsp3) is 0.385. The Balaban J connectivity index is 2.14. The molecule has 1 N–H and O–H groups in total. The molecular weight excluding hydrogens is 218 g/mol. The summed E-state index contributed by atoms with van der Waals surface area (Å²) < 4.78 is 0. The number of carboxylic acids is 1. The van der Waals surface area contributed by atoms with Gasteiger partial charge in [-0.3, -0.25) is 9.59 Å². The van der Waals surface area contributed by atoms with Crippen LogP contribution in [0.15, 0.2) is 24.3 Å². The quantitative estimate of drug-likeness (QED) is 0.856. The largest absolute Gasteiger partial charge is 0.481 e. The molecule has 1 aliphatic heterocycles. The maximum Gasteiger partial charge on any atom is 0.307 e. The molecule has 1 aliphatic rings. The third kappa shape index (κ3) is 2.84. The Labute approximate surface area is 99.9 Å². The molecule has 0 saturated carbocycles. The summed E-state index contributed by atoms with van der Waals surface area (Å²) >= 11 is 0. The maximum absolute atomic E-state index is 11.5. The van der Waals surface area contributed by atoms with Crippen LogP contribution in [0.25, 0.3) is 0 Å². The highest BCUT2D eigenvalue weighted by Crippen LogP contribution is 2.17. The number of nitrogens with zero attached hydrogens (tertiary/aromatic N) is 1. The number of carbonyl (C=O) groups is 2. The van der Waals surface area contributed by atoms with Gasteiger partial charge in [0.2, 0.25) is 5.91 Å². The molecule has 4 heteroatoms. The van der Waals surface area contributed by atoms with Crippen LogP contribution in [-0.2, 0) is 22.6 Å². The molecule has 1 aromatic rings. The van der Waals surface area contributed by atoms with E-state index in [4.69, 9.17) is 5.11 Å². The van der Waals surface area contributed by atoms with E-state index in [-0.39, 0.29) is 12.3 Å². The molecule has 0 spiro atoms. The Morgan fingerprint density at radius 3 is 2.59 bits per heavy atom. The lowest BCUT2D eigenvalue weighted by molar-refractivity contribution is -0.136. The van der Waals surface area contributed by atoms with Crippen LogP contribution < -0.4 is 0 Å². The van der Waals surface area contributed by atoms with Gasteiger partial charge in [0.1, 0.15) is 0 Å². The van der Waals surface area contributed by atoms with Gasteiger partial charge in [0, 0.05) is 19.5 Å². The molecule has 4 nitrogen and oxygen atoms in total. The zero-order valence-electron chi connectivity index (χ0n) is 9.56. The Morgan fingerprint density at radius 2 is 2.00 bits per heavy atom. The van der Waals surface area contributed by atoms with Gasteiger partial charge in [-0.2, -0.15) is 0 Å². The molecule has 1 amide bonds. The number of hydrogen-bond donors (Lipinski definition) is 1. The number of aliphatic carboxylic acids is 1. The standard InChI is InChI=1S/C13H15NO3/c15-12-6-3-7-14(12)9-11-5-2-1-4-10(11)8-13(16)17/h1-2,4-5H,3,6-9H2,(H,16,17). The van der Waals surface area contributed by atoms with Crippen molar-refractivity contribution in [2.75, 3.05) is 6.54 Å². The maximum atomic E-state index is 11.5. The van der Waals surface area contributed by atoms with E-state index < -0.39 is 5.97 Å². The van der Waals surface area contributed by atoms with Crippen LogP contribution >= 0.6 is 0 Å². The Bertz CT molecular complexity index is 442. The first-order chi connectivity index (χ1) is 8.16. The first-order valence-corrected chi connectivity index (χ1v) is 5.73. The van der Waals surface area contributed by atoms with Crippen molar-refractivity contribution in [2.45, 2.75) is 25.8 Å². The van der Waals surface area contributed by atoms with Gasteiger partial charge in [-0.1, -0.05) is 24.3 Å². The smallest absolute Gasteiger partial charge is 0.307 e. The third-order valence-corrected chi connectivity index (χ3v) is 2.99. The Hall–Kier alpha value is -1.84. The minimum Gasteiger partial charge on any atom is -0.481 e. The number of carbonyl (C=O) groups excluding carboxylic acids is 1. The fourth-order valence-corrected chi connectivity index (χ4v) is 2.12. The average molecular weight is 233 g/mol. The Kier molecular flexibility index (Phi) is 3.42. The van der Waals surface area contributed by atoms with E-state index in [0.717, 1.165) is 24.1 Å². The number of amides is 1. The predicted molar refractivity (Wildman–Crippen MR) is 62.4 cm³/mol. The lowest BCUT2D eigenvalue weighted by atomic mass is 10.0. The van der Waals surface area contributed by atoms with E-state index in [1.165, 1.54) is 0 Å². The molecule has 2 rings (SSSR count). The van der Waals surface area contributed by atoms with Gasteiger partial charge < -0.3 is 10.0 Å². The minimum absolute atomic E-state index is 0.0121. The van der Waals surface area contributed by atoms with Crippen LogP contribution in [0.1, 0.15) is 24.0 Å². The summed E-state index contributed by atoms with van der Waals surface area (Å²) in [6.07, 6.45) is 1.53. The molecule has 17 heavy (non-hydrogen) atoms. The van der Waals surface area contributed by atoms with E-state index in [2.05, 4.69) is 0 Å². The van der Waals surface area contributed by atoms with Crippen molar-refractivity contribution in [1.82, 2.24) is 4.90 Å². The molecule has 1 heterocycles. The molecule has 90 valence electrons. The molecule has 0 atom stereocenters. The second-order valence-corrected chi connectivity index (χ2v) is 4.26. The highest BCUT2D eigenvalue weighted by Gasteiger charge is 2.21. The van der Waals surface area contributed by atoms with E-state index in [9.17, 15) is 9.59 Å². The van der Waals surface area contributed by atoms with Crippen molar-refractivity contribution in [2.24, 2.45) is 0 Å². The fourth-order valence-electron chi connectivity index (χ4n) is 2.12. The van der Waals surface area contributed by atoms with Crippen LogP contribution in [0.5, 0.6) is 0 Å². The van der Waals surface area contributed by atoms with Gasteiger partial charge in [0.05, 0.1) is 6.42 Å². The number of rotatable bonds is 4. The molecule has 0 radical (unpaired) electrons. The normalized spacial score (nSPS) is 15.3. The summed E-state index contributed by atoms with van der Waals surface area (Å²) in [5.41, 5.74) is 1.73. The lowest BCUT2D eigenvalue weighted by Gasteiger charge is -2.17. The zero-order valence-corrected chi connectivity index (χ0v) is 9.56. The molecule has 0 unspecified atom stereocenters. The minimum atomic E-state index is -0.842. The topological polar surface area (TPSA) is 57.6 Å². The van der Waals surface area contributed by atoms with Gasteiger partial charge in [0.25, 0.3) is 0 Å². The lowest BCUT2D eigenvalue weighted by Crippen LogP contribution is -2.24. The van der Waals surface area contributed by atoms with Crippen LogP contribution in [0, 0.1) is 0 Å². The van der Waals surface area contributed by atoms with Crippen molar-refractivity contribution in [1.29, 1.82) is 0 Å². The van der Waals surface area contributed by atoms with E-state index in [0.29, 0.717) is 13.0 Å². The molecule has 0 aliphatic carbocycles. The number of hydrogen-bond acceptors (Lipinski definition) is 2. The summed E-state index contributed by atoms with van der Waals surface area (Å²) in [6, 6.07) is 7.41. The molecule has 1 fully saturated rings. The summed E-state index contributed by atoms with van der Waals surface area (Å²) in [6.45, 7) is 1.31. The van der Waals surface area contributed by atoms with Crippen LogP contribution in [0.3, 0.4) is 0 Å². The van der Waals surface area contributed by atoms with E-state index >= 15 is 0 Å².